The molecule has 2 aliphatic carbocycles. The van der Waals surface area contributed by atoms with Gasteiger partial charge in [0.15, 0.2) is 0 Å². The standard InChI is InChI=1S/C25H48O/c1-4-7-9-10-11-19-25(26-6-3)20-17-24(18-21-25)23-15-13-22(14-16-23)12-8-5-2/h22-24H,4-21H2,1-3H3. The summed E-state index contributed by atoms with van der Waals surface area (Å²) in [7, 11) is 0. The maximum Gasteiger partial charge on any atom is 0.0682 e. The smallest absolute Gasteiger partial charge is 0.0682 e. The SMILES string of the molecule is CCCCCCCC1(OCC)CCC(C2CCC(CCCC)CC2)CC1. The van der Waals surface area contributed by atoms with Crippen LogP contribution in [0.2, 0.25) is 0 Å². The van der Waals surface area contributed by atoms with Gasteiger partial charge in [-0.1, -0.05) is 78.1 Å². The zero-order valence-electron chi connectivity index (χ0n) is 18.4. The Labute approximate surface area is 165 Å². The van der Waals surface area contributed by atoms with Gasteiger partial charge in [-0.25, -0.2) is 0 Å². The highest BCUT2D eigenvalue weighted by Crippen LogP contribution is 2.45. The summed E-state index contributed by atoms with van der Waals surface area (Å²) >= 11 is 0. The van der Waals surface area contributed by atoms with Gasteiger partial charge < -0.3 is 4.74 Å². The molecule has 0 heterocycles. The van der Waals surface area contributed by atoms with E-state index in [4.69, 9.17) is 4.74 Å². The lowest BCUT2D eigenvalue weighted by molar-refractivity contribution is -0.0855. The third-order valence-electron chi connectivity index (χ3n) is 7.65. The lowest BCUT2D eigenvalue weighted by atomic mass is 9.67. The molecule has 2 saturated carbocycles. The van der Waals surface area contributed by atoms with E-state index >= 15 is 0 Å². The molecule has 1 heteroatoms. The van der Waals surface area contributed by atoms with Gasteiger partial charge in [-0.05, 0) is 69.6 Å². The lowest BCUT2D eigenvalue weighted by Gasteiger charge is -2.44. The second kappa shape index (κ2) is 12.4. The van der Waals surface area contributed by atoms with E-state index in [9.17, 15) is 0 Å². The highest BCUT2D eigenvalue weighted by atomic mass is 16.5. The van der Waals surface area contributed by atoms with E-state index in [1.165, 1.54) is 109 Å². The number of unbranched alkanes of at least 4 members (excludes halogenated alkanes) is 5. The quantitative estimate of drug-likeness (QED) is 0.316. The van der Waals surface area contributed by atoms with Gasteiger partial charge in [0.25, 0.3) is 0 Å². The van der Waals surface area contributed by atoms with Crippen LogP contribution in [0.1, 0.15) is 130 Å². The first kappa shape index (κ1) is 22.3. The fraction of sp³-hybridized carbons (Fsp3) is 1.00. The van der Waals surface area contributed by atoms with Gasteiger partial charge in [0, 0.05) is 6.61 Å². The van der Waals surface area contributed by atoms with Crippen LogP contribution < -0.4 is 0 Å². The van der Waals surface area contributed by atoms with Crippen LogP contribution in [-0.2, 0) is 4.74 Å². The lowest BCUT2D eigenvalue weighted by Crippen LogP contribution is -2.39. The molecule has 0 unspecified atom stereocenters. The van der Waals surface area contributed by atoms with Gasteiger partial charge in [-0.15, -0.1) is 0 Å². The average molecular weight is 365 g/mol. The molecule has 0 spiro atoms. The maximum absolute atomic E-state index is 6.37. The second-order valence-electron chi connectivity index (χ2n) is 9.54. The summed E-state index contributed by atoms with van der Waals surface area (Å²) < 4.78 is 6.37. The average Bonchev–Trinajstić information content (AvgIpc) is 2.68. The maximum atomic E-state index is 6.37. The predicted octanol–water partition coefficient (Wildman–Crippen LogP) is 8.31. The fourth-order valence-electron chi connectivity index (χ4n) is 5.90. The molecule has 2 fully saturated rings. The minimum Gasteiger partial charge on any atom is -0.375 e. The zero-order valence-corrected chi connectivity index (χ0v) is 18.4. The molecule has 0 aromatic heterocycles. The number of rotatable bonds is 12. The van der Waals surface area contributed by atoms with Crippen LogP contribution in [0.4, 0.5) is 0 Å². The van der Waals surface area contributed by atoms with E-state index in [2.05, 4.69) is 20.8 Å². The Morgan fingerprint density at radius 3 is 1.92 bits per heavy atom. The first-order valence-electron chi connectivity index (χ1n) is 12.4. The van der Waals surface area contributed by atoms with Crippen LogP contribution in [-0.4, -0.2) is 12.2 Å². The molecule has 0 radical (unpaired) electrons. The van der Waals surface area contributed by atoms with Gasteiger partial charge >= 0.3 is 0 Å². The molecule has 26 heavy (non-hydrogen) atoms. The van der Waals surface area contributed by atoms with E-state index in [0.29, 0.717) is 0 Å². The molecule has 0 aromatic carbocycles. The van der Waals surface area contributed by atoms with E-state index in [1.807, 2.05) is 0 Å². The molecule has 0 atom stereocenters. The summed E-state index contributed by atoms with van der Waals surface area (Å²) in [5.41, 5.74) is 0.246. The highest BCUT2D eigenvalue weighted by molar-refractivity contribution is 4.90. The van der Waals surface area contributed by atoms with Crippen molar-refractivity contribution in [3.8, 4) is 0 Å². The highest BCUT2D eigenvalue weighted by Gasteiger charge is 2.38. The summed E-state index contributed by atoms with van der Waals surface area (Å²) in [6.07, 6.45) is 24.3. The Kier molecular flexibility index (Phi) is 10.6. The zero-order chi connectivity index (χ0) is 18.7. The summed E-state index contributed by atoms with van der Waals surface area (Å²) in [5, 5.41) is 0. The third kappa shape index (κ3) is 7.17. The van der Waals surface area contributed by atoms with E-state index < -0.39 is 0 Å². The van der Waals surface area contributed by atoms with Crippen molar-refractivity contribution in [1.82, 2.24) is 0 Å². The molecule has 0 aliphatic heterocycles. The molecule has 0 aromatic rings. The summed E-state index contributed by atoms with van der Waals surface area (Å²) in [5.74, 6) is 3.10. The Morgan fingerprint density at radius 2 is 1.31 bits per heavy atom. The van der Waals surface area contributed by atoms with Gasteiger partial charge in [-0.3, -0.25) is 0 Å². The van der Waals surface area contributed by atoms with Crippen LogP contribution in [0.3, 0.4) is 0 Å². The Balaban J connectivity index is 1.71. The molecular formula is C25H48O. The van der Waals surface area contributed by atoms with Gasteiger partial charge in [0.05, 0.1) is 5.60 Å². The van der Waals surface area contributed by atoms with Crippen LogP contribution in [0, 0.1) is 17.8 Å². The van der Waals surface area contributed by atoms with Crippen molar-refractivity contribution in [2.24, 2.45) is 17.8 Å². The van der Waals surface area contributed by atoms with Crippen LogP contribution in [0.15, 0.2) is 0 Å². The molecule has 0 amide bonds. The van der Waals surface area contributed by atoms with Gasteiger partial charge in [0.1, 0.15) is 0 Å². The molecule has 2 rings (SSSR count). The molecule has 2 aliphatic rings. The van der Waals surface area contributed by atoms with Crippen molar-refractivity contribution in [1.29, 1.82) is 0 Å². The molecule has 0 bridgehead atoms. The molecule has 1 nitrogen and oxygen atoms in total. The monoisotopic (exact) mass is 364 g/mol. The minimum absolute atomic E-state index is 0.246. The van der Waals surface area contributed by atoms with Crippen molar-refractivity contribution >= 4 is 0 Å². The van der Waals surface area contributed by atoms with Crippen molar-refractivity contribution < 1.29 is 4.74 Å². The van der Waals surface area contributed by atoms with Crippen LogP contribution in [0.25, 0.3) is 0 Å². The van der Waals surface area contributed by atoms with Gasteiger partial charge in [0.2, 0.25) is 0 Å². The summed E-state index contributed by atoms with van der Waals surface area (Å²) in [4.78, 5) is 0. The third-order valence-corrected chi connectivity index (χ3v) is 7.65. The summed E-state index contributed by atoms with van der Waals surface area (Å²) in [6, 6.07) is 0. The number of hydrogen-bond acceptors (Lipinski definition) is 1. The predicted molar refractivity (Wildman–Crippen MR) is 115 cm³/mol. The molecular weight excluding hydrogens is 316 g/mol. The van der Waals surface area contributed by atoms with E-state index in [0.717, 1.165) is 24.4 Å². The minimum atomic E-state index is 0.246. The molecule has 0 N–H and O–H groups in total. The molecule has 154 valence electrons. The van der Waals surface area contributed by atoms with Gasteiger partial charge in [-0.2, -0.15) is 0 Å². The summed E-state index contributed by atoms with van der Waals surface area (Å²) in [6.45, 7) is 7.74. The Hall–Kier alpha value is -0.0400. The largest absolute Gasteiger partial charge is 0.375 e. The molecule has 0 saturated heterocycles. The fourth-order valence-corrected chi connectivity index (χ4v) is 5.90. The van der Waals surface area contributed by atoms with Crippen molar-refractivity contribution in [2.75, 3.05) is 6.61 Å². The van der Waals surface area contributed by atoms with Crippen LogP contribution in [0.5, 0.6) is 0 Å². The Morgan fingerprint density at radius 1 is 0.692 bits per heavy atom. The van der Waals surface area contributed by atoms with Crippen LogP contribution >= 0.6 is 0 Å². The number of ether oxygens (including phenoxy) is 1. The van der Waals surface area contributed by atoms with Crippen molar-refractivity contribution in [3.63, 3.8) is 0 Å². The second-order valence-corrected chi connectivity index (χ2v) is 9.54. The normalized spacial score (nSPS) is 32.7. The topological polar surface area (TPSA) is 9.23 Å². The number of hydrogen-bond donors (Lipinski definition) is 0. The van der Waals surface area contributed by atoms with Crippen molar-refractivity contribution in [2.45, 2.75) is 136 Å². The first-order valence-corrected chi connectivity index (χ1v) is 12.4. The Bertz CT molecular complexity index is 334. The first-order chi connectivity index (χ1) is 12.7. The van der Waals surface area contributed by atoms with E-state index in [1.54, 1.807) is 0 Å². The van der Waals surface area contributed by atoms with E-state index in [-0.39, 0.29) is 5.60 Å². The van der Waals surface area contributed by atoms with Crippen molar-refractivity contribution in [3.05, 3.63) is 0 Å².